The Morgan fingerprint density at radius 3 is 2.68 bits per heavy atom. The lowest BCUT2D eigenvalue weighted by Crippen LogP contribution is -2.11. The van der Waals surface area contributed by atoms with Gasteiger partial charge in [0, 0.05) is 4.47 Å². The van der Waals surface area contributed by atoms with Gasteiger partial charge < -0.3 is 0 Å². The third-order valence-electron chi connectivity index (χ3n) is 2.68. The van der Waals surface area contributed by atoms with Crippen LogP contribution in [0.25, 0.3) is 15.8 Å². The molecule has 0 fully saturated rings. The van der Waals surface area contributed by atoms with E-state index >= 15 is 0 Å². The molecule has 3 rings (SSSR count). The van der Waals surface area contributed by atoms with Gasteiger partial charge in [0.1, 0.15) is 5.82 Å². The molecule has 2 aromatic carbocycles. The molecule has 0 atom stereocenters. The minimum absolute atomic E-state index is 0.158. The van der Waals surface area contributed by atoms with E-state index in [0.717, 1.165) is 4.70 Å². The monoisotopic (exact) mass is 357 g/mol. The number of aromatic nitrogens is 1. The van der Waals surface area contributed by atoms with Crippen LogP contribution in [0, 0.1) is 5.82 Å². The van der Waals surface area contributed by atoms with Gasteiger partial charge in [-0.3, -0.25) is 4.79 Å². The SMILES string of the molecule is O=c1c2ccccc2sn1-c1c(Cl)cc(F)cc1Br. The van der Waals surface area contributed by atoms with Crippen LogP contribution in [0.4, 0.5) is 4.39 Å². The zero-order valence-electron chi connectivity index (χ0n) is 9.36. The Bertz CT molecular complexity index is 819. The minimum Gasteiger partial charge on any atom is -0.267 e. The number of benzene rings is 2. The standard InChI is InChI=1S/C13H6BrClFNOS/c14-9-5-7(16)6-10(15)12(9)17-13(18)8-3-1-2-4-11(8)19-17/h1-6H. The highest BCUT2D eigenvalue weighted by atomic mass is 79.9. The van der Waals surface area contributed by atoms with Gasteiger partial charge in [-0.05, 0) is 40.2 Å². The van der Waals surface area contributed by atoms with Crippen LogP contribution in [0.5, 0.6) is 0 Å². The average Bonchev–Trinajstić information content (AvgIpc) is 2.66. The number of rotatable bonds is 1. The van der Waals surface area contributed by atoms with Gasteiger partial charge in [-0.1, -0.05) is 35.3 Å². The predicted molar refractivity (Wildman–Crippen MR) is 80.1 cm³/mol. The maximum Gasteiger partial charge on any atom is 0.273 e. The highest BCUT2D eigenvalue weighted by Gasteiger charge is 2.15. The topological polar surface area (TPSA) is 22.0 Å². The molecule has 2 nitrogen and oxygen atoms in total. The molecule has 0 unspecified atom stereocenters. The molecule has 0 bridgehead atoms. The van der Waals surface area contributed by atoms with Crippen LogP contribution in [0.3, 0.4) is 0 Å². The summed E-state index contributed by atoms with van der Waals surface area (Å²) < 4.78 is 16.0. The second-order valence-electron chi connectivity index (χ2n) is 3.91. The summed E-state index contributed by atoms with van der Waals surface area (Å²) in [6.07, 6.45) is 0. The van der Waals surface area contributed by atoms with Crippen molar-refractivity contribution in [1.82, 2.24) is 3.96 Å². The van der Waals surface area contributed by atoms with Crippen LogP contribution in [0.15, 0.2) is 45.7 Å². The molecule has 0 amide bonds. The second-order valence-corrected chi connectivity index (χ2v) is 6.15. The zero-order chi connectivity index (χ0) is 13.6. The summed E-state index contributed by atoms with van der Waals surface area (Å²) in [4.78, 5) is 12.3. The summed E-state index contributed by atoms with van der Waals surface area (Å²) in [5.74, 6) is -0.449. The molecule has 0 N–H and O–H groups in total. The summed E-state index contributed by atoms with van der Waals surface area (Å²) in [5.41, 5.74) is 0.309. The lowest BCUT2D eigenvalue weighted by atomic mass is 10.3. The number of hydrogen-bond donors (Lipinski definition) is 0. The van der Waals surface area contributed by atoms with Crippen LogP contribution in [0.2, 0.25) is 5.02 Å². The van der Waals surface area contributed by atoms with E-state index in [1.807, 2.05) is 18.2 Å². The third kappa shape index (κ3) is 2.12. The molecule has 0 aliphatic rings. The first-order valence-corrected chi connectivity index (χ1v) is 7.28. The summed E-state index contributed by atoms with van der Waals surface area (Å²) in [6, 6.07) is 9.78. The van der Waals surface area contributed by atoms with Gasteiger partial charge in [0.15, 0.2) is 0 Å². The maximum atomic E-state index is 13.2. The molecule has 1 aromatic heterocycles. The molecular weight excluding hydrogens is 353 g/mol. The Morgan fingerprint density at radius 1 is 1.26 bits per heavy atom. The Labute approximate surface area is 125 Å². The molecule has 3 aromatic rings. The first-order valence-electron chi connectivity index (χ1n) is 5.34. The predicted octanol–water partition coefficient (Wildman–Crippen LogP) is 4.61. The summed E-state index contributed by atoms with van der Waals surface area (Å²) in [7, 11) is 0. The summed E-state index contributed by atoms with van der Waals surface area (Å²) >= 11 is 10.6. The Kier molecular flexibility index (Phi) is 3.20. The number of nitrogens with zero attached hydrogens (tertiary/aromatic N) is 1. The van der Waals surface area contributed by atoms with E-state index in [1.54, 1.807) is 6.07 Å². The first kappa shape index (κ1) is 12.8. The van der Waals surface area contributed by atoms with Gasteiger partial charge in [-0.25, -0.2) is 8.35 Å². The normalized spacial score (nSPS) is 11.1. The van der Waals surface area contributed by atoms with Crippen LogP contribution in [0.1, 0.15) is 0 Å². The molecule has 0 aliphatic heterocycles. The number of hydrogen-bond acceptors (Lipinski definition) is 2. The van der Waals surface area contributed by atoms with E-state index in [-0.39, 0.29) is 10.6 Å². The molecule has 0 saturated carbocycles. The third-order valence-corrected chi connectivity index (χ3v) is 4.65. The molecule has 0 saturated heterocycles. The quantitative estimate of drug-likeness (QED) is 0.623. The molecule has 96 valence electrons. The number of halogens is 3. The van der Waals surface area contributed by atoms with Crippen molar-refractivity contribution >= 4 is 49.1 Å². The fraction of sp³-hybridized carbons (Fsp3) is 0. The van der Waals surface area contributed by atoms with Crippen LogP contribution in [-0.2, 0) is 0 Å². The van der Waals surface area contributed by atoms with Crippen molar-refractivity contribution in [2.75, 3.05) is 0 Å². The molecule has 0 radical (unpaired) electrons. The average molecular weight is 359 g/mol. The minimum atomic E-state index is -0.449. The van der Waals surface area contributed by atoms with Crippen molar-refractivity contribution in [3.8, 4) is 5.69 Å². The second kappa shape index (κ2) is 4.74. The van der Waals surface area contributed by atoms with E-state index in [1.165, 1.54) is 27.6 Å². The largest absolute Gasteiger partial charge is 0.273 e. The molecule has 0 spiro atoms. The first-order chi connectivity index (χ1) is 9.08. The fourth-order valence-corrected chi connectivity index (χ4v) is 4.09. The van der Waals surface area contributed by atoms with E-state index in [9.17, 15) is 9.18 Å². The van der Waals surface area contributed by atoms with Crippen LogP contribution < -0.4 is 5.56 Å². The van der Waals surface area contributed by atoms with Crippen LogP contribution >= 0.6 is 39.1 Å². The van der Waals surface area contributed by atoms with Gasteiger partial charge in [0.05, 0.1) is 20.8 Å². The Morgan fingerprint density at radius 2 is 2.00 bits per heavy atom. The van der Waals surface area contributed by atoms with Gasteiger partial charge in [-0.2, -0.15) is 0 Å². The Balaban J connectivity index is 2.37. The molecule has 6 heteroatoms. The lowest BCUT2D eigenvalue weighted by molar-refractivity contribution is 0.626. The number of fused-ring (bicyclic) bond motifs is 1. The summed E-state index contributed by atoms with van der Waals surface area (Å²) in [6.45, 7) is 0. The fourth-order valence-electron chi connectivity index (χ4n) is 1.85. The van der Waals surface area contributed by atoms with Crippen molar-refractivity contribution in [1.29, 1.82) is 0 Å². The molecule has 19 heavy (non-hydrogen) atoms. The Hall–Kier alpha value is -1.17. The molecule has 1 heterocycles. The van der Waals surface area contributed by atoms with Crippen LogP contribution in [-0.4, -0.2) is 3.96 Å². The zero-order valence-corrected chi connectivity index (χ0v) is 12.5. The molecule has 0 aliphatic carbocycles. The maximum absolute atomic E-state index is 13.2. The van der Waals surface area contributed by atoms with Gasteiger partial charge >= 0.3 is 0 Å². The van der Waals surface area contributed by atoms with Crippen molar-refractivity contribution in [2.24, 2.45) is 0 Å². The van der Waals surface area contributed by atoms with Gasteiger partial charge in [-0.15, -0.1) is 0 Å². The van der Waals surface area contributed by atoms with Gasteiger partial charge in [0.2, 0.25) is 0 Å². The van der Waals surface area contributed by atoms with E-state index in [4.69, 9.17) is 11.6 Å². The van der Waals surface area contributed by atoms with Gasteiger partial charge in [0.25, 0.3) is 5.56 Å². The van der Waals surface area contributed by atoms with Crippen molar-refractivity contribution < 1.29 is 4.39 Å². The van der Waals surface area contributed by atoms with Crippen molar-refractivity contribution in [3.05, 3.63) is 62.1 Å². The van der Waals surface area contributed by atoms with E-state index in [2.05, 4.69) is 15.9 Å². The lowest BCUT2D eigenvalue weighted by Gasteiger charge is -2.06. The highest BCUT2D eigenvalue weighted by Crippen LogP contribution is 2.32. The van der Waals surface area contributed by atoms with Crippen molar-refractivity contribution in [2.45, 2.75) is 0 Å². The van der Waals surface area contributed by atoms with E-state index < -0.39 is 5.82 Å². The van der Waals surface area contributed by atoms with Crippen molar-refractivity contribution in [3.63, 3.8) is 0 Å². The molecular formula is C13H6BrClFNOS. The smallest absolute Gasteiger partial charge is 0.267 e. The highest BCUT2D eigenvalue weighted by molar-refractivity contribution is 9.10. The van der Waals surface area contributed by atoms with E-state index in [0.29, 0.717) is 15.5 Å². The summed E-state index contributed by atoms with van der Waals surface area (Å²) in [5, 5.41) is 0.820.